The summed E-state index contributed by atoms with van der Waals surface area (Å²) in [6.45, 7) is 0. The van der Waals surface area contributed by atoms with E-state index < -0.39 is 9.84 Å². The fraction of sp³-hybridized carbons (Fsp3) is 0.500. The molecule has 0 N–H and O–H groups in total. The molecule has 1 aliphatic heterocycles. The predicted octanol–water partition coefficient (Wildman–Crippen LogP) is 0.228. The molecule has 0 radical (unpaired) electrons. The molecular weight excluding hydrogens is 250 g/mol. The van der Waals surface area contributed by atoms with Gasteiger partial charge in [-0.3, -0.25) is 9.98 Å². The Morgan fingerprint density at radius 3 is 2.61 bits per heavy atom. The van der Waals surface area contributed by atoms with Crippen molar-refractivity contribution in [3.8, 4) is 0 Å². The zero-order valence-corrected chi connectivity index (χ0v) is 11.3. The Morgan fingerprint density at radius 2 is 2.00 bits per heavy atom. The molecule has 5 nitrogen and oxygen atoms in total. The zero-order valence-electron chi connectivity index (χ0n) is 10.5. The minimum absolute atomic E-state index is 0.0342. The number of nitrogens with zero attached hydrogens (tertiary/aromatic N) is 3. The summed E-state index contributed by atoms with van der Waals surface area (Å²) in [4.78, 5) is 10.3. The predicted molar refractivity (Wildman–Crippen MR) is 71.7 cm³/mol. The van der Waals surface area contributed by atoms with Gasteiger partial charge in [0.1, 0.15) is 0 Å². The van der Waals surface area contributed by atoms with Gasteiger partial charge in [0, 0.05) is 24.7 Å². The monoisotopic (exact) mass is 267 g/mol. The van der Waals surface area contributed by atoms with Crippen LogP contribution in [0.5, 0.6) is 0 Å². The number of pyridine rings is 1. The Morgan fingerprint density at radius 1 is 1.33 bits per heavy atom. The number of hydrogen-bond donors (Lipinski definition) is 0. The van der Waals surface area contributed by atoms with Crippen LogP contribution in [0.25, 0.3) is 0 Å². The van der Waals surface area contributed by atoms with Crippen molar-refractivity contribution in [3.05, 3.63) is 30.1 Å². The maximum atomic E-state index is 11.7. The Kier molecular flexibility index (Phi) is 3.77. The second kappa shape index (κ2) is 5.16. The molecule has 2 atom stereocenters. The molecule has 2 heterocycles. The van der Waals surface area contributed by atoms with E-state index in [-0.39, 0.29) is 23.6 Å². The van der Waals surface area contributed by atoms with E-state index in [0.29, 0.717) is 0 Å². The fourth-order valence-corrected chi connectivity index (χ4v) is 4.08. The lowest BCUT2D eigenvalue weighted by Gasteiger charge is -2.21. The van der Waals surface area contributed by atoms with E-state index in [1.165, 1.54) is 0 Å². The van der Waals surface area contributed by atoms with Gasteiger partial charge in [-0.1, -0.05) is 0 Å². The summed E-state index contributed by atoms with van der Waals surface area (Å²) in [6.07, 6.45) is 5.11. The van der Waals surface area contributed by atoms with Gasteiger partial charge >= 0.3 is 0 Å². The minimum atomic E-state index is -2.96. The van der Waals surface area contributed by atoms with Gasteiger partial charge in [-0.05, 0) is 31.8 Å². The Bertz CT molecular complexity index is 526. The highest BCUT2D eigenvalue weighted by Gasteiger charge is 2.38. The second-order valence-corrected chi connectivity index (χ2v) is 6.89. The van der Waals surface area contributed by atoms with Crippen LogP contribution >= 0.6 is 0 Å². The van der Waals surface area contributed by atoms with Crippen molar-refractivity contribution in [3.63, 3.8) is 0 Å². The average molecular weight is 267 g/mol. The van der Waals surface area contributed by atoms with Gasteiger partial charge in [-0.2, -0.15) is 0 Å². The van der Waals surface area contributed by atoms with Crippen LogP contribution in [0, 0.1) is 0 Å². The SMILES string of the molecule is CN(C)C1CS(=O)(=O)CC1N=Cc1ccncc1. The zero-order chi connectivity index (χ0) is 13.2. The molecule has 0 spiro atoms. The van der Waals surface area contributed by atoms with E-state index in [4.69, 9.17) is 0 Å². The van der Waals surface area contributed by atoms with Crippen molar-refractivity contribution < 1.29 is 8.42 Å². The highest BCUT2D eigenvalue weighted by Crippen LogP contribution is 2.19. The summed E-state index contributed by atoms with van der Waals surface area (Å²) < 4.78 is 23.3. The summed E-state index contributed by atoms with van der Waals surface area (Å²) in [5, 5.41) is 0. The van der Waals surface area contributed by atoms with Crippen molar-refractivity contribution in [1.29, 1.82) is 0 Å². The first-order valence-corrected chi connectivity index (χ1v) is 7.60. The summed E-state index contributed by atoms with van der Waals surface area (Å²) in [7, 11) is 0.817. The largest absolute Gasteiger partial charge is 0.303 e. The van der Waals surface area contributed by atoms with Gasteiger partial charge in [0.15, 0.2) is 9.84 Å². The molecule has 1 aliphatic rings. The molecular formula is C12H17N3O2S. The Labute approximate surface area is 107 Å². The van der Waals surface area contributed by atoms with Gasteiger partial charge in [-0.15, -0.1) is 0 Å². The van der Waals surface area contributed by atoms with Crippen LogP contribution < -0.4 is 0 Å². The first-order chi connectivity index (χ1) is 8.48. The van der Waals surface area contributed by atoms with Crippen molar-refractivity contribution in [2.45, 2.75) is 12.1 Å². The van der Waals surface area contributed by atoms with E-state index >= 15 is 0 Å². The summed E-state index contributed by atoms with van der Waals surface area (Å²) >= 11 is 0. The molecule has 0 aliphatic carbocycles. The first kappa shape index (κ1) is 13.2. The van der Waals surface area contributed by atoms with E-state index in [0.717, 1.165) is 5.56 Å². The highest BCUT2D eigenvalue weighted by molar-refractivity contribution is 7.91. The molecule has 0 bridgehead atoms. The lowest BCUT2D eigenvalue weighted by Crippen LogP contribution is -2.37. The molecule has 1 aromatic rings. The van der Waals surface area contributed by atoms with Crippen molar-refractivity contribution >= 4 is 16.1 Å². The van der Waals surface area contributed by atoms with Crippen molar-refractivity contribution in [1.82, 2.24) is 9.88 Å². The molecule has 0 amide bonds. The van der Waals surface area contributed by atoms with Crippen LogP contribution in [0.4, 0.5) is 0 Å². The van der Waals surface area contributed by atoms with Crippen LogP contribution in [-0.2, 0) is 9.84 Å². The third-order valence-electron chi connectivity index (χ3n) is 3.08. The van der Waals surface area contributed by atoms with E-state index in [2.05, 4.69) is 9.98 Å². The normalized spacial score (nSPS) is 27.1. The standard InChI is InChI=1S/C12H17N3O2S/c1-15(2)12-9-18(16,17)8-11(12)14-7-10-3-5-13-6-4-10/h3-7,11-12H,8-9H2,1-2H3. The molecule has 2 unspecified atom stereocenters. The van der Waals surface area contributed by atoms with Crippen molar-refractivity contribution in [2.75, 3.05) is 25.6 Å². The van der Waals surface area contributed by atoms with Crippen molar-refractivity contribution in [2.24, 2.45) is 4.99 Å². The van der Waals surface area contributed by atoms with Gasteiger partial charge in [0.2, 0.25) is 0 Å². The maximum absolute atomic E-state index is 11.7. The molecule has 6 heteroatoms. The third-order valence-corrected chi connectivity index (χ3v) is 4.78. The molecule has 0 saturated carbocycles. The number of aliphatic imine (C=N–C) groups is 1. The van der Waals surface area contributed by atoms with Crippen LogP contribution in [0.1, 0.15) is 5.56 Å². The average Bonchev–Trinajstić information content (AvgIpc) is 2.64. The van der Waals surface area contributed by atoms with Crippen LogP contribution in [0.3, 0.4) is 0 Å². The quantitative estimate of drug-likeness (QED) is 0.735. The number of hydrogen-bond acceptors (Lipinski definition) is 5. The molecule has 18 heavy (non-hydrogen) atoms. The molecule has 98 valence electrons. The van der Waals surface area contributed by atoms with E-state index in [1.54, 1.807) is 18.6 Å². The summed E-state index contributed by atoms with van der Waals surface area (Å²) in [6, 6.07) is 3.47. The van der Waals surface area contributed by atoms with Gasteiger partial charge in [-0.25, -0.2) is 8.42 Å². The van der Waals surface area contributed by atoms with E-state index in [9.17, 15) is 8.42 Å². The Balaban J connectivity index is 2.15. The van der Waals surface area contributed by atoms with E-state index in [1.807, 2.05) is 31.1 Å². The lowest BCUT2D eigenvalue weighted by atomic mass is 10.1. The molecule has 1 fully saturated rings. The first-order valence-electron chi connectivity index (χ1n) is 5.78. The molecule has 0 aromatic carbocycles. The van der Waals surface area contributed by atoms with Crippen LogP contribution in [0.15, 0.2) is 29.5 Å². The summed E-state index contributed by atoms with van der Waals surface area (Å²) in [5.74, 6) is 0.329. The number of sulfone groups is 1. The van der Waals surface area contributed by atoms with Gasteiger partial charge in [0.05, 0.1) is 17.5 Å². The topological polar surface area (TPSA) is 62.6 Å². The third kappa shape index (κ3) is 3.14. The maximum Gasteiger partial charge on any atom is 0.154 e. The second-order valence-electron chi connectivity index (χ2n) is 4.73. The van der Waals surface area contributed by atoms with Gasteiger partial charge < -0.3 is 4.90 Å². The molecule has 1 saturated heterocycles. The van der Waals surface area contributed by atoms with Crippen LogP contribution in [0.2, 0.25) is 0 Å². The number of rotatable bonds is 3. The fourth-order valence-electron chi connectivity index (χ4n) is 2.08. The lowest BCUT2D eigenvalue weighted by molar-refractivity contribution is 0.297. The van der Waals surface area contributed by atoms with Gasteiger partial charge in [0.25, 0.3) is 0 Å². The number of likely N-dealkylation sites (N-methyl/N-ethyl adjacent to an activating group) is 1. The summed E-state index contributed by atoms with van der Waals surface area (Å²) in [5.41, 5.74) is 0.937. The highest BCUT2D eigenvalue weighted by atomic mass is 32.2. The smallest absolute Gasteiger partial charge is 0.154 e. The molecule has 1 aromatic heterocycles. The molecule has 2 rings (SSSR count). The Hall–Kier alpha value is -1.27. The van der Waals surface area contributed by atoms with Crippen LogP contribution in [-0.4, -0.2) is 62.2 Å². The minimum Gasteiger partial charge on any atom is -0.303 e. The number of aromatic nitrogens is 1.